The number of ketones is 1. The summed E-state index contributed by atoms with van der Waals surface area (Å²) in [6.07, 6.45) is 0.933. The van der Waals surface area contributed by atoms with Crippen LogP contribution in [0.5, 0.6) is 5.75 Å². The highest BCUT2D eigenvalue weighted by Gasteiger charge is 2.37. The minimum Gasteiger partial charge on any atom is -0.489 e. The Labute approximate surface area is 184 Å². The van der Waals surface area contributed by atoms with Crippen LogP contribution < -0.4 is 9.04 Å². The van der Waals surface area contributed by atoms with E-state index in [9.17, 15) is 13.2 Å². The summed E-state index contributed by atoms with van der Waals surface area (Å²) in [6, 6.07) is 12.2. The smallest absolute Gasteiger partial charge is 0.264 e. The number of carbonyl (C=O) groups is 1. The Hall–Kier alpha value is -2.38. The molecule has 7 heteroatoms. The van der Waals surface area contributed by atoms with Gasteiger partial charge in [-0.2, -0.15) is 0 Å². The number of hydrogen-bond acceptors (Lipinski definition) is 5. The van der Waals surface area contributed by atoms with E-state index in [1.165, 1.54) is 16.4 Å². The molecule has 2 aromatic carbocycles. The first-order chi connectivity index (χ1) is 14.8. The molecule has 1 unspecified atom stereocenters. The van der Waals surface area contributed by atoms with Crippen LogP contribution in [0.4, 0.5) is 5.69 Å². The van der Waals surface area contributed by atoms with Crippen LogP contribution in [0.2, 0.25) is 0 Å². The molecule has 0 radical (unpaired) electrons. The van der Waals surface area contributed by atoms with Crippen LogP contribution in [-0.4, -0.2) is 40.1 Å². The molecule has 2 aliphatic heterocycles. The molecular weight excluding hydrogens is 414 g/mol. The molecule has 1 fully saturated rings. The van der Waals surface area contributed by atoms with Crippen molar-refractivity contribution in [2.75, 3.05) is 24.1 Å². The number of nitrogens with zero attached hydrogens (tertiary/aromatic N) is 1. The lowest BCUT2D eigenvalue weighted by Crippen LogP contribution is -2.44. The van der Waals surface area contributed by atoms with Crippen molar-refractivity contribution in [1.82, 2.24) is 0 Å². The van der Waals surface area contributed by atoms with Gasteiger partial charge in [0.05, 0.1) is 29.4 Å². The van der Waals surface area contributed by atoms with Gasteiger partial charge in [-0.15, -0.1) is 0 Å². The third-order valence-electron chi connectivity index (χ3n) is 5.86. The predicted octanol–water partition coefficient (Wildman–Crippen LogP) is 4.08. The van der Waals surface area contributed by atoms with Crippen molar-refractivity contribution in [3.05, 3.63) is 53.6 Å². The molecule has 0 N–H and O–H groups in total. The minimum atomic E-state index is -3.84. The van der Waals surface area contributed by atoms with E-state index in [4.69, 9.17) is 9.47 Å². The van der Waals surface area contributed by atoms with Crippen LogP contribution in [0.15, 0.2) is 47.4 Å². The van der Waals surface area contributed by atoms with Gasteiger partial charge >= 0.3 is 0 Å². The monoisotopic (exact) mass is 443 g/mol. The third-order valence-corrected chi connectivity index (χ3v) is 7.65. The highest BCUT2D eigenvalue weighted by Crippen LogP contribution is 2.35. The van der Waals surface area contributed by atoms with Gasteiger partial charge in [0, 0.05) is 18.9 Å². The Bertz CT molecular complexity index is 1060. The number of Topliss-reactive ketones (excluding diaryl/α,β-unsaturated/α-hetero) is 1. The number of anilines is 1. The predicted molar refractivity (Wildman–Crippen MR) is 119 cm³/mol. The van der Waals surface area contributed by atoms with E-state index in [1.54, 1.807) is 6.07 Å². The summed E-state index contributed by atoms with van der Waals surface area (Å²) in [5, 5.41) is 0. The lowest BCUT2D eigenvalue weighted by Gasteiger charge is -2.36. The second kappa shape index (κ2) is 8.63. The number of fused-ring (bicyclic) bond motifs is 1. The molecule has 166 valence electrons. The molecule has 2 aliphatic rings. The van der Waals surface area contributed by atoms with E-state index in [0.29, 0.717) is 36.8 Å². The van der Waals surface area contributed by atoms with E-state index in [0.717, 1.165) is 12.0 Å². The zero-order valence-electron chi connectivity index (χ0n) is 18.2. The molecule has 0 aliphatic carbocycles. The molecule has 1 atom stereocenters. The number of carbonyl (C=O) groups excluding carboxylic acids is 1. The second-order valence-electron chi connectivity index (χ2n) is 8.69. The van der Waals surface area contributed by atoms with Gasteiger partial charge in [0.2, 0.25) is 0 Å². The number of ether oxygens (including phenoxy) is 2. The van der Waals surface area contributed by atoms with Gasteiger partial charge in [-0.25, -0.2) is 8.42 Å². The molecule has 4 rings (SSSR count). The highest BCUT2D eigenvalue weighted by molar-refractivity contribution is 7.92. The molecule has 31 heavy (non-hydrogen) atoms. The lowest BCUT2D eigenvalue weighted by atomic mass is 9.91. The Morgan fingerprint density at radius 1 is 1.10 bits per heavy atom. The van der Waals surface area contributed by atoms with Gasteiger partial charge in [0.15, 0.2) is 5.78 Å². The van der Waals surface area contributed by atoms with Gasteiger partial charge in [0.1, 0.15) is 11.9 Å². The average Bonchev–Trinajstić information content (AvgIpc) is 2.70. The summed E-state index contributed by atoms with van der Waals surface area (Å²) in [6.45, 7) is 7.57. The fourth-order valence-electron chi connectivity index (χ4n) is 3.92. The van der Waals surface area contributed by atoms with E-state index in [2.05, 4.69) is 6.92 Å². The lowest BCUT2D eigenvalue weighted by molar-refractivity contribution is -0.0840. The number of aryl methyl sites for hydroxylation is 1. The van der Waals surface area contributed by atoms with Crippen molar-refractivity contribution in [3.63, 3.8) is 0 Å². The van der Waals surface area contributed by atoms with Crippen LogP contribution in [0.1, 0.15) is 43.1 Å². The van der Waals surface area contributed by atoms with Crippen molar-refractivity contribution >= 4 is 21.5 Å². The van der Waals surface area contributed by atoms with Crippen molar-refractivity contribution in [3.8, 4) is 5.75 Å². The first-order valence-electron chi connectivity index (χ1n) is 10.8. The Morgan fingerprint density at radius 3 is 2.39 bits per heavy atom. The molecule has 0 aromatic heterocycles. The molecular formula is C24H29NO5S. The normalized spacial score (nSPS) is 19.0. The quantitative estimate of drug-likeness (QED) is 0.645. The van der Waals surface area contributed by atoms with Crippen LogP contribution in [0.3, 0.4) is 0 Å². The number of sulfonamides is 1. The maximum absolute atomic E-state index is 13.6. The standard InChI is InChI=1S/C24H29NO5S/c1-4-17-5-7-19(8-6-17)25(13-16(2)3)31(27,28)20-9-10-23-21(11-20)22(26)12-24(30-23)18-14-29-15-18/h5-11,16,18,24H,4,12-15H2,1-3H3. The van der Waals surface area contributed by atoms with Gasteiger partial charge in [-0.1, -0.05) is 32.9 Å². The fraction of sp³-hybridized carbons (Fsp3) is 0.458. The summed E-state index contributed by atoms with van der Waals surface area (Å²) in [7, 11) is -3.84. The van der Waals surface area contributed by atoms with Gasteiger partial charge in [0.25, 0.3) is 10.0 Å². The average molecular weight is 444 g/mol. The molecule has 2 heterocycles. The summed E-state index contributed by atoms with van der Waals surface area (Å²) >= 11 is 0. The maximum atomic E-state index is 13.6. The topological polar surface area (TPSA) is 72.9 Å². The van der Waals surface area contributed by atoms with Crippen molar-refractivity contribution in [2.45, 2.75) is 44.6 Å². The molecule has 0 saturated carbocycles. The number of benzene rings is 2. The van der Waals surface area contributed by atoms with E-state index >= 15 is 0 Å². The summed E-state index contributed by atoms with van der Waals surface area (Å²) in [4.78, 5) is 12.9. The highest BCUT2D eigenvalue weighted by atomic mass is 32.2. The molecule has 0 bridgehead atoms. The summed E-state index contributed by atoms with van der Waals surface area (Å²) < 4.78 is 39.8. The van der Waals surface area contributed by atoms with Crippen molar-refractivity contribution < 1.29 is 22.7 Å². The van der Waals surface area contributed by atoms with Crippen LogP contribution in [0.25, 0.3) is 0 Å². The van der Waals surface area contributed by atoms with E-state index in [1.807, 2.05) is 38.1 Å². The molecule has 0 amide bonds. The second-order valence-corrected chi connectivity index (χ2v) is 10.6. The van der Waals surface area contributed by atoms with Crippen LogP contribution in [0, 0.1) is 11.8 Å². The molecule has 6 nitrogen and oxygen atoms in total. The molecule has 2 aromatic rings. The van der Waals surface area contributed by atoms with Crippen molar-refractivity contribution in [2.24, 2.45) is 11.8 Å². The molecule has 0 spiro atoms. The third kappa shape index (κ3) is 4.34. The Kier molecular flexibility index (Phi) is 6.08. The van der Waals surface area contributed by atoms with E-state index < -0.39 is 10.0 Å². The first kappa shape index (κ1) is 21.8. The largest absolute Gasteiger partial charge is 0.489 e. The fourth-order valence-corrected chi connectivity index (χ4v) is 5.57. The van der Waals surface area contributed by atoms with Gasteiger partial charge < -0.3 is 9.47 Å². The summed E-state index contributed by atoms with van der Waals surface area (Å²) in [5.74, 6) is 0.717. The molecule has 1 saturated heterocycles. The van der Waals surface area contributed by atoms with Crippen LogP contribution >= 0.6 is 0 Å². The van der Waals surface area contributed by atoms with Crippen LogP contribution in [-0.2, 0) is 21.2 Å². The maximum Gasteiger partial charge on any atom is 0.264 e. The van der Waals surface area contributed by atoms with Gasteiger partial charge in [-0.05, 0) is 48.2 Å². The zero-order chi connectivity index (χ0) is 22.2. The van der Waals surface area contributed by atoms with E-state index in [-0.39, 0.29) is 35.0 Å². The number of hydrogen-bond donors (Lipinski definition) is 0. The zero-order valence-corrected chi connectivity index (χ0v) is 19.0. The first-order valence-corrected chi connectivity index (χ1v) is 12.3. The summed E-state index contributed by atoms with van der Waals surface area (Å²) in [5.41, 5.74) is 2.10. The Morgan fingerprint density at radius 2 is 1.81 bits per heavy atom. The van der Waals surface area contributed by atoms with Crippen molar-refractivity contribution in [1.29, 1.82) is 0 Å². The van der Waals surface area contributed by atoms with Gasteiger partial charge in [-0.3, -0.25) is 9.10 Å². The number of rotatable bonds is 7. The Balaban J connectivity index is 1.67. The minimum absolute atomic E-state index is 0.0853. The SMILES string of the molecule is CCc1ccc(N(CC(C)C)S(=O)(=O)c2ccc3c(c2)C(=O)CC(C2COC2)O3)cc1.